The van der Waals surface area contributed by atoms with Crippen molar-refractivity contribution in [3.8, 4) is 11.5 Å². The van der Waals surface area contributed by atoms with Crippen LogP contribution in [-0.4, -0.2) is 12.7 Å². The second-order valence-corrected chi connectivity index (χ2v) is 6.85. The summed E-state index contributed by atoms with van der Waals surface area (Å²) in [5.74, 6) is 3.17. The molecule has 20 heavy (non-hydrogen) atoms. The summed E-state index contributed by atoms with van der Waals surface area (Å²) in [7, 11) is 1.69. The number of fused-ring (bicyclic) bond motifs is 1. The molecule has 0 radical (unpaired) electrons. The van der Waals surface area contributed by atoms with Gasteiger partial charge in [0.2, 0.25) is 0 Å². The van der Waals surface area contributed by atoms with Crippen LogP contribution < -0.4 is 15.2 Å². The molecule has 1 aromatic carbocycles. The number of methoxy groups -OCH3 is 1. The van der Waals surface area contributed by atoms with Crippen molar-refractivity contribution < 1.29 is 9.47 Å². The number of rotatable bonds is 1. The van der Waals surface area contributed by atoms with E-state index in [2.05, 4.69) is 13.8 Å². The van der Waals surface area contributed by atoms with Crippen LogP contribution in [0.25, 0.3) is 0 Å². The summed E-state index contributed by atoms with van der Waals surface area (Å²) in [5.41, 5.74) is 7.45. The van der Waals surface area contributed by atoms with E-state index in [-0.39, 0.29) is 11.6 Å². The molecule has 1 saturated carbocycles. The average molecular weight is 275 g/mol. The van der Waals surface area contributed by atoms with Gasteiger partial charge in [-0.05, 0) is 37.2 Å². The van der Waals surface area contributed by atoms with Gasteiger partial charge >= 0.3 is 0 Å². The number of nitrogens with two attached hydrogens (primary N) is 1. The Kier molecular flexibility index (Phi) is 3.41. The second kappa shape index (κ2) is 4.96. The Balaban J connectivity index is 1.94. The Bertz CT molecular complexity index is 490. The molecule has 1 fully saturated rings. The van der Waals surface area contributed by atoms with Crippen LogP contribution in [0.15, 0.2) is 18.2 Å². The molecule has 110 valence electrons. The molecule has 0 saturated heterocycles. The molecule has 3 rings (SSSR count). The first-order valence-electron chi connectivity index (χ1n) is 7.64. The lowest BCUT2D eigenvalue weighted by molar-refractivity contribution is -0.0312. The topological polar surface area (TPSA) is 44.5 Å². The maximum atomic E-state index is 6.45. The summed E-state index contributed by atoms with van der Waals surface area (Å²) in [6.07, 6.45) is 4.45. The third kappa shape index (κ3) is 2.39. The highest BCUT2D eigenvalue weighted by molar-refractivity contribution is 5.44. The van der Waals surface area contributed by atoms with Crippen molar-refractivity contribution in [2.45, 2.75) is 51.2 Å². The van der Waals surface area contributed by atoms with Crippen molar-refractivity contribution in [1.29, 1.82) is 0 Å². The molecule has 1 spiro atoms. The maximum Gasteiger partial charge on any atom is 0.128 e. The molecule has 1 heterocycles. The lowest BCUT2D eigenvalue weighted by Crippen LogP contribution is -2.48. The van der Waals surface area contributed by atoms with E-state index in [0.29, 0.717) is 11.8 Å². The summed E-state index contributed by atoms with van der Waals surface area (Å²) < 4.78 is 11.8. The molecule has 0 amide bonds. The molecule has 1 aliphatic heterocycles. The fourth-order valence-electron chi connectivity index (χ4n) is 4.28. The van der Waals surface area contributed by atoms with E-state index in [4.69, 9.17) is 15.2 Å². The van der Waals surface area contributed by atoms with Crippen LogP contribution in [0.1, 0.15) is 51.1 Å². The summed E-state index contributed by atoms with van der Waals surface area (Å²) in [6, 6.07) is 6.07. The lowest BCUT2D eigenvalue weighted by atomic mass is 9.69. The van der Waals surface area contributed by atoms with Gasteiger partial charge in [0.25, 0.3) is 0 Å². The summed E-state index contributed by atoms with van der Waals surface area (Å²) in [6.45, 7) is 4.65. The molecule has 1 aromatic rings. The fourth-order valence-corrected chi connectivity index (χ4v) is 4.28. The highest BCUT2D eigenvalue weighted by Gasteiger charge is 2.44. The third-order valence-corrected chi connectivity index (χ3v) is 4.78. The van der Waals surface area contributed by atoms with E-state index in [1.165, 1.54) is 6.42 Å². The fraction of sp³-hybridized carbons (Fsp3) is 0.647. The van der Waals surface area contributed by atoms with Crippen LogP contribution in [0, 0.1) is 11.8 Å². The number of hydrogen-bond donors (Lipinski definition) is 1. The Labute approximate surface area is 121 Å². The molecule has 0 bridgehead atoms. The Morgan fingerprint density at radius 1 is 1.20 bits per heavy atom. The average Bonchev–Trinajstić information content (AvgIpc) is 2.36. The SMILES string of the molecule is COc1ccc2c(c1)OC1(CC(C)CC(C)C1)C[C@@H]2N. The quantitative estimate of drug-likeness (QED) is 0.850. The van der Waals surface area contributed by atoms with Gasteiger partial charge in [0.1, 0.15) is 17.1 Å². The minimum atomic E-state index is -0.0735. The van der Waals surface area contributed by atoms with Crippen molar-refractivity contribution in [2.75, 3.05) is 7.11 Å². The van der Waals surface area contributed by atoms with Crippen molar-refractivity contribution in [3.05, 3.63) is 23.8 Å². The molecule has 3 nitrogen and oxygen atoms in total. The standard InChI is InChI=1S/C17H25NO2/c1-11-6-12(2)9-17(8-11)10-15(18)14-5-4-13(19-3)7-16(14)20-17/h4-5,7,11-12,15H,6,8-10,18H2,1-3H3/t11?,12?,15-,17?/m0/s1. The molecule has 1 aliphatic carbocycles. The zero-order valence-corrected chi connectivity index (χ0v) is 12.7. The van der Waals surface area contributed by atoms with Gasteiger partial charge in [0.05, 0.1) is 7.11 Å². The monoisotopic (exact) mass is 275 g/mol. The second-order valence-electron chi connectivity index (χ2n) is 6.85. The van der Waals surface area contributed by atoms with Crippen LogP contribution in [0.4, 0.5) is 0 Å². The maximum absolute atomic E-state index is 6.45. The minimum absolute atomic E-state index is 0.0714. The van der Waals surface area contributed by atoms with Gasteiger partial charge in [-0.25, -0.2) is 0 Å². The number of benzene rings is 1. The summed E-state index contributed by atoms with van der Waals surface area (Å²) in [5, 5.41) is 0. The van der Waals surface area contributed by atoms with Crippen LogP contribution in [0.3, 0.4) is 0 Å². The summed E-state index contributed by atoms with van der Waals surface area (Å²) >= 11 is 0. The van der Waals surface area contributed by atoms with E-state index >= 15 is 0 Å². The van der Waals surface area contributed by atoms with Crippen LogP contribution in [0.2, 0.25) is 0 Å². The van der Waals surface area contributed by atoms with Crippen LogP contribution in [-0.2, 0) is 0 Å². The molecular weight excluding hydrogens is 250 g/mol. The predicted octanol–water partition coefficient (Wildman–Crippen LogP) is 3.67. The van der Waals surface area contributed by atoms with Gasteiger partial charge in [-0.1, -0.05) is 19.9 Å². The lowest BCUT2D eigenvalue weighted by Gasteiger charge is -2.47. The van der Waals surface area contributed by atoms with Crippen molar-refractivity contribution in [2.24, 2.45) is 17.6 Å². The van der Waals surface area contributed by atoms with Crippen molar-refractivity contribution >= 4 is 0 Å². The van der Waals surface area contributed by atoms with E-state index in [9.17, 15) is 0 Å². The largest absolute Gasteiger partial charge is 0.497 e. The van der Waals surface area contributed by atoms with Crippen LogP contribution in [0.5, 0.6) is 11.5 Å². The molecule has 0 aromatic heterocycles. The number of hydrogen-bond acceptors (Lipinski definition) is 3. The highest BCUT2D eigenvalue weighted by Crippen LogP contribution is 2.48. The molecular formula is C17H25NO2. The first-order valence-corrected chi connectivity index (χ1v) is 7.64. The molecule has 3 heteroatoms. The Morgan fingerprint density at radius 3 is 2.55 bits per heavy atom. The molecule has 2 aliphatic rings. The predicted molar refractivity (Wildman–Crippen MR) is 80.1 cm³/mol. The molecule has 2 N–H and O–H groups in total. The zero-order chi connectivity index (χ0) is 14.3. The molecule has 3 atom stereocenters. The van der Waals surface area contributed by atoms with Crippen LogP contribution >= 0.6 is 0 Å². The van der Waals surface area contributed by atoms with Crippen molar-refractivity contribution in [3.63, 3.8) is 0 Å². The van der Waals surface area contributed by atoms with Gasteiger partial charge in [-0.15, -0.1) is 0 Å². The number of ether oxygens (including phenoxy) is 2. The van der Waals surface area contributed by atoms with Gasteiger partial charge in [0, 0.05) is 24.1 Å². The minimum Gasteiger partial charge on any atom is -0.497 e. The van der Waals surface area contributed by atoms with Crippen molar-refractivity contribution in [1.82, 2.24) is 0 Å². The highest BCUT2D eigenvalue weighted by atomic mass is 16.5. The van der Waals surface area contributed by atoms with Gasteiger partial charge in [-0.3, -0.25) is 0 Å². The van der Waals surface area contributed by atoms with Gasteiger partial charge in [-0.2, -0.15) is 0 Å². The smallest absolute Gasteiger partial charge is 0.128 e. The zero-order valence-electron chi connectivity index (χ0n) is 12.7. The first-order chi connectivity index (χ1) is 9.51. The van der Waals surface area contributed by atoms with E-state index in [1.807, 2.05) is 18.2 Å². The first kappa shape index (κ1) is 13.7. The Morgan fingerprint density at radius 2 is 1.90 bits per heavy atom. The van der Waals surface area contributed by atoms with Gasteiger partial charge in [0.15, 0.2) is 0 Å². The summed E-state index contributed by atoms with van der Waals surface area (Å²) in [4.78, 5) is 0. The van der Waals surface area contributed by atoms with E-state index < -0.39 is 0 Å². The van der Waals surface area contributed by atoms with E-state index in [0.717, 1.165) is 36.3 Å². The Hall–Kier alpha value is -1.22. The third-order valence-electron chi connectivity index (χ3n) is 4.78. The van der Waals surface area contributed by atoms with E-state index in [1.54, 1.807) is 7.11 Å². The molecule has 2 unspecified atom stereocenters. The normalized spacial score (nSPS) is 36.3. The van der Waals surface area contributed by atoms with Gasteiger partial charge < -0.3 is 15.2 Å².